The van der Waals surface area contributed by atoms with E-state index in [1.807, 2.05) is 24.3 Å². The Morgan fingerprint density at radius 1 is 1.12 bits per heavy atom. The monoisotopic (exact) mass is 360 g/mol. The molecule has 0 spiro atoms. The first kappa shape index (κ1) is 18.8. The summed E-state index contributed by atoms with van der Waals surface area (Å²) < 4.78 is 5.39. The number of nitrogens with one attached hydrogen (secondary N) is 1. The van der Waals surface area contributed by atoms with Gasteiger partial charge < -0.3 is 15.8 Å². The molecule has 25 heavy (non-hydrogen) atoms. The second-order valence-electron chi connectivity index (χ2n) is 6.67. The minimum absolute atomic E-state index is 0.0470. The van der Waals surface area contributed by atoms with Crippen molar-refractivity contribution in [2.45, 2.75) is 26.2 Å². The Kier molecular flexibility index (Phi) is 5.69. The van der Waals surface area contributed by atoms with Gasteiger partial charge in [-0.25, -0.2) is 0 Å². The highest BCUT2D eigenvalue weighted by Gasteiger charge is 2.14. The Hall–Kier alpha value is -2.53. The van der Waals surface area contributed by atoms with Crippen molar-refractivity contribution in [1.29, 1.82) is 0 Å². The van der Waals surface area contributed by atoms with Crippen molar-refractivity contribution in [1.82, 2.24) is 0 Å². The number of anilines is 1. The van der Waals surface area contributed by atoms with Crippen molar-refractivity contribution >= 4 is 29.1 Å². The zero-order chi connectivity index (χ0) is 18.6. The summed E-state index contributed by atoms with van der Waals surface area (Å²) in [5, 5.41) is 3.11. The molecule has 0 aliphatic carbocycles. The SMILES string of the molecule is CC(C)(C)c1ccc(NC(=O)COc2ccc(Cl)cc2C(N)=O)cc1. The average Bonchev–Trinajstić information content (AvgIpc) is 2.53. The number of rotatable bonds is 5. The van der Waals surface area contributed by atoms with Gasteiger partial charge in [-0.05, 0) is 41.3 Å². The number of amides is 2. The third-order valence-corrected chi connectivity index (χ3v) is 3.84. The van der Waals surface area contributed by atoms with Crippen molar-refractivity contribution in [3.63, 3.8) is 0 Å². The smallest absolute Gasteiger partial charge is 0.262 e. The summed E-state index contributed by atoms with van der Waals surface area (Å²) in [5.74, 6) is -0.792. The summed E-state index contributed by atoms with van der Waals surface area (Å²) >= 11 is 5.83. The van der Waals surface area contributed by atoms with E-state index < -0.39 is 5.91 Å². The van der Waals surface area contributed by atoms with Crippen molar-refractivity contribution in [3.05, 3.63) is 58.6 Å². The van der Waals surface area contributed by atoms with Crippen LogP contribution in [0, 0.1) is 0 Å². The van der Waals surface area contributed by atoms with Crippen molar-refractivity contribution in [2.75, 3.05) is 11.9 Å². The lowest BCUT2D eigenvalue weighted by atomic mass is 9.87. The van der Waals surface area contributed by atoms with Gasteiger partial charge >= 0.3 is 0 Å². The Labute approximate surface area is 152 Å². The normalized spacial score (nSPS) is 11.0. The molecule has 132 valence electrons. The molecule has 0 aromatic heterocycles. The van der Waals surface area contributed by atoms with Crippen LogP contribution in [0.15, 0.2) is 42.5 Å². The molecule has 0 saturated heterocycles. The highest BCUT2D eigenvalue weighted by atomic mass is 35.5. The van der Waals surface area contributed by atoms with Gasteiger partial charge in [0.2, 0.25) is 0 Å². The number of halogens is 1. The molecule has 0 aliphatic heterocycles. The highest BCUT2D eigenvalue weighted by Crippen LogP contribution is 2.24. The molecular weight excluding hydrogens is 340 g/mol. The summed E-state index contributed by atoms with van der Waals surface area (Å²) in [6.45, 7) is 6.12. The van der Waals surface area contributed by atoms with Gasteiger partial charge in [0.05, 0.1) is 5.56 Å². The summed E-state index contributed by atoms with van der Waals surface area (Å²) in [6, 6.07) is 12.1. The van der Waals surface area contributed by atoms with Crippen LogP contribution in [-0.2, 0) is 10.2 Å². The van der Waals surface area contributed by atoms with E-state index in [0.29, 0.717) is 10.7 Å². The first-order valence-electron chi connectivity index (χ1n) is 7.79. The Morgan fingerprint density at radius 3 is 2.32 bits per heavy atom. The molecule has 0 unspecified atom stereocenters. The largest absolute Gasteiger partial charge is 0.483 e. The standard InChI is InChI=1S/C19H21ClN2O3/c1-19(2,3)12-4-7-14(8-5-12)22-17(23)11-25-16-9-6-13(20)10-15(16)18(21)24/h4-10H,11H2,1-3H3,(H2,21,24)(H,22,23). The molecule has 2 aromatic carbocycles. The summed E-state index contributed by atoms with van der Waals surface area (Å²) in [4.78, 5) is 23.4. The molecule has 0 aliphatic rings. The van der Waals surface area contributed by atoms with Crippen LogP contribution in [0.3, 0.4) is 0 Å². The van der Waals surface area contributed by atoms with Gasteiger partial charge in [-0.3, -0.25) is 9.59 Å². The van der Waals surface area contributed by atoms with E-state index in [0.717, 1.165) is 0 Å². The predicted molar refractivity (Wildman–Crippen MR) is 99.2 cm³/mol. The van der Waals surface area contributed by atoms with E-state index >= 15 is 0 Å². The molecule has 0 saturated carbocycles. The van der Waals surface area contributed by atoms with Gasteiger partial charge in [0.25, 0.3) is 11.8 Å². The van der Waals surface area contributed by atoms with E-state index in [1.165, 1.54) is 17.7 Å². The van der Waals surface area contributed by atoms with Gasteiger partial charge in [-0.15, -0.1) is 0 Å². The third-order valence-electron chi connectivity index (χ3n) is 3.60. The molecule has 0 heterocycles. The molecular formula is C19H21ClN2O3. The fourth-order valence-electron chi connectivity index (χ4n) is 2.21. The highest BCUT2D eigenvalue weighted by molar-refractivity contribution is 6.31. The maximum absolute atomic E-state index is 12.0. The topological polar surface area (TPSA) is 81.4 Å². The lowest BCUT2D eigenvalue weighted by molar-refractivity contribution is -0.118. The Morgan fingerprint density at radius 2 is 1.76 bits per heavy atom. The fraction of sp³-hybridized carbons (Fsp3) is 0.263. The molecule has 0 atom stereocenters. The molecule has 5 nitrogen and oxygen atoms in total. The van der Waals surface area contributed by atoms with Crippen LogP contribution in [0.4, 0.5) is 5.69 Å². The predicted octanol–water partition coefficient (Wildman–Crippen LogP) is 3.75. The first-order valence-corrected chi connectivity index (χ1v) is 8.17. The van der Waals surface area contributed by atoms with Crippen molar-refractivity contribution in [2.24, 2.45) is 5.73 Å². The molecule has 0 radical (unpaired) electrons. The lowest BCUT2D eigenvalue weighted by Gasteiger charge is -2.19. The van der Waals surface area contributed by atoms with E-state index in [9.17, 15) is 9.59 Å². The molecule has 2 aromatic rings. The quantitative estimate of drug-likeness (QED) is 0.851. The van der Waals surface area contributed by atoms with Gasteiger partial charge in [-0.1, -0.05) is 44.5 Å². The lowest BCUT2D eigenvalue weighted by Crippen LogP contribution is -2.22. The Balaban J connectivity index is 1.99. The van der Waals surface area contributed by atoms with Crippen LogP contribution in [0.1, 0.15) is 36.7 Å². The fourth-order valence-corrected chi connectivity index (χ4v) is 2.39. The second-order valence-corrected chi connectivity index (χ2v) is 7.11. The van der Waals surface area contributed by atoms with Crippen LogP contribution in [0.25, 0.3) is 0 Å². The number of hydrogen-bond donors (Lipinski definition) is 2. The molecule has 2 amide bonds. The van der Waals surface area contributed by atoms with Gasteiger partial charge in [0, 0.05) is 10.7 Å². The number of carbonyl (C=O) groups excluding carboxylic acids is 2. The zero-order valence-corrected chi connectivity index (χ0v) is 15.2. The summed E-state index contributed by atoms with van der Waals surface area (Å²) in [5.41, 5.74) is 7.31. The van der Waals surface area contributed by atoms with Crippen LogP contribution in [0.2, 0.25) is 5.02 Å². The minimum atomic E-state index is -0.671. The average molecular weight is 361 g/mol. The molecule has 0 fully saturated rings. The van der Waals surface area contributed by atoms with Crippen LogP contribution in [0.5, 0.6) is 5.75 Å². The molecule has 3 N–H and O–H groups in total. The number of carbonyl (C=O) groups is 2. The minimum Gasteiger partial charge on any atom is -0.483 e. The van der Waals surface area contributed by atoms with E-state index in [-0.39, 0.29) is 29.2 Å². The van der Waals surface area contributed by atoms with E-state index in [1.54, 1.807) is 6.07 Å². The molecule has 2 rings (SSSR count). The summed E-state index contributed by atoms with van der Waals surface area (Å²) in [7, 11) is 0. The van der Waals surface area contributed by atoms with Crippen molar-refractivity contribution < 1.29 is 14.3 Å². The third kappa shape index (κ3) is 5.22. The second kappa shape index (κ2) is 7.57. The maximum Gasteiger partial charge on any atom is 0.262 e. The number of ether oxygens (including phenoxy) is 1. The van der Waals surface area contributed by atoms with Crippen molar-refractivity contribution in [3.8, 4) is 5.75 Å². The van der Waals surface area contributed by atoms with Crippen LogP contribution < -0.4 is 15.8 Å². The van der Waals surface area contributed by atoms with Gasteiger partial charge in [0.1, 0.15) is 5.75 Å². The van der Waals surface area contributed by atoms with Gasteiger partial charge in [-0.2, -0.15) is 0 Å². The van der Waals surface area contributed by atoms with E-state index in [4.69, 9.17) is 22.1 Å². The number of benzene rings is 2. The number of primary amides is 1. The van der Waals surface area contributed by atoms with Gasteiger partial charge in [0.15, 0.2) is 6.61 Å². The van der Waals surface area contributed by atoms with Crippen LogP contribution >= 0.6 is 11.6 Å². The Bertz CT molecular complexity index is 780. The summed E-state index contributed by atoms with van der Waals surface area (Å²) in [6.07, 6.45) is 0. The first-order chi connectivity index (χ1) is 11.7. The number of nitrogens with two attached hydrogens (primary N) is 1. The molecule has 0 bridgehead atoms. The van der Waals surface area contributed by atoms with Crippen LogP contribution in [-0.4, -0.2) is 18.4 Å². The van der Waals surface area contributed by atoms with E-state index in [2.05, 4.69) is 26.1 Å². The molecule has 6 heteroatoms. The number of hydrogen-bond acceptors (Lipinski definition) is 3. The zero-order valence-electron chi connectivity index (χ0n) is 14.4. The maximum atomic E-state index is 12.0.